The first kappa shape index (κ1) is 8.51. The summed E-state index contributed by atoms with van der Waals surface area (Å²) in [5.74, 6) is -0.205. The van der Waals surface area contributed by atoms with Gasteiger partial charge in [-0.1, -0.05) is 0 Å². The number of hydrogen-bond donors (Lipinski definition) is 2. The Hall–Kier alpha value is -1.09. The highest BCUT2D eigenvalue weighted by molar-refractivity contribution is 5.47. The van der Waals surface area contributed by atoms with E-state index in [0.717, 1.165) is 18.5 Å². The van der Waals surface area contributed by atoms with Crippen molar-refractivity contribution in [1.29, 1.82) is 0 Å². The van der Waals surface area contributed by atoms with Gasteiger partial charge in [-0.3, -0.25) is 0 Å². The van der Waals surface area contributed by atoms with Crippen LogP contribution in [0.2, 0.25) is 0 Å². The second-order valence-corrected chi connectivity index (χ2v) is 3.62. The van der Waals surface area contributed by atoms with E-state index < -0.39 is 0 Å². The third kappa shape index (κ3) is 1.80. The second-order valence-electron chi connectivity index (χ2n) is 3.62. The molecule has 0 bridgehead atoms. The summed E-state index contributed by atoms with van der Waals surface area (Å²) in [5.41, 5.74) is 6.65. The largest absolute Gasteiger partial charge is 0.378 e. The van der Waals surface area contributed by atoms with Crippen molar-refractivity contribution in [1.82, 2.24) is 0 Å². The highest BCUT2D eigenvalue weighted by Crippen LogP contribution is 2.37. The van der Waals surface area contributed by atoms with Gasteiger partial charge >= 0.3 is 0 Å². The van der Waals surface area contributed by atoms with Crippen molar-refractivity contribution >= 4 is 5.69 Å². The molecule has 70 valence electrons. The molecular formula is C10H13FN2. The average molecular weight is 180 g/mol. The summed E-state index contributed by atoms with van der Waals surface area (Å²) in [5, 5.41) is 3.31. The van der Waals surface area contributed by atoms with Crippen LogP contribution in [0.25, 0.3) is 0 Å². The minimum atomic E-state index is -0.205. The number of rotatable bonds is 3. The standard InChI is InChI=1S/C10H13FN2/c11-8-1-3-9(4-2-8)13-10(7-12)5-6-10/h1-4,13H,5-7,12H2. The fraction of sp³-hybridized carbons (Fsp3) is 0.400. The molecule has 1 aromatic carbocycles. The van der Waals surface area contributed by atoms with E-state index in [9.17, 15) is 4.39 Å². The van der Waals surface area contributed by atoms with Crippen molar-refractivity contribution < 1.29 is 4.39 Å². The maximum absolute atomic E-state index is 12.6. The zero-order valence-electron chi connectivity index (χ0n) is 7.39. The zero-order chi connectivity index (χ0) is 9.31. The average Bonchev–Trinajstić information content (AvgIpc) is 2.90. The van der Waals surface area contributed by atoms with Crippen LogP contribution < -0.4 is 11.1 Å². The van der Waals surface area contributed by atoms with Crippen LogP contribution in [0.15, 0.2) is 24.3 Å². The fourth-order valence-corrected chi connectivity index (χ4v) is 1.37. The van der Waals surface area contributed by atoms with E-state index in [0.29, 0.717) is 6.54 Å². The van der Waals surface area contributed by atoms with Gasteiger partial charge in [0.15, 0.2) is 0 Å². The molecule has 1 aliphatic carbocycles. The molecule has 1 saturated carbocycles. The zero-order valence-corrected chi connectivity index (χ0v) is 7.39. The van der Waals surface area contributed by atoms with E-state index in [2.05, 4.69) is 5.32 Å². The van der Waals surface area contributed by atoms with Crippen molar-refractivity contribution in [3.8, 4) is 0 Å². The lowest BCUT2D eigenvalue weighted by molar-refractivity contribution is 0.627. The normalized spacial score (nSPS) is 18.3. The summed E-state index contributed by atoms with van der Waals surface area (Å²) in [6.45, 7) is 0.643. The number of benzene rings is 1. The van der Waals surface area contributed by atoms with Crippen molar-refractivity contribution in [3.05, 3.63) is 30.1 Å². The predicted molar refractivity (Wildman–Crippen MR) is 51.0 cm³/mol. The molecule has 13 heavy (non-hydrogen) atoms. The van der Waals surface area contributed by atoms with Gasteiger partial charge in [0, 0.05) is 17.8 Å². The van der Waals surface area contributed by atoms with E-state index >= 15 is 0 Å². The summed E-state index contributed by atoms with van der Waals surface area (Å²) < 4.78 is 12.6. The van der Waals surface area contributed by atoms with Crippen molar-refractivity contribution in [2.45, 2.75) is 18.4 Å². The highest BCUT2D eigenvalue weighted by atomic mass is 19.1. The lowest BCUT2D eigenvalue weighted by Crippen LogP contribution is -2.30. The van der Waals surface area contributed by atoms with E-state index in [4.69, 9.17) is 5.73 Å². The maximum Gasteiger partial charge on any atom is 0.123 e. The Morgan fingerprint density at radius 2 is 1.92 bits per heavy atom. The van der Waals surface area contributed by atoms with Crippen LogP contribution in [0.5, 0.6) is 0 Å². The minimum absolute atomic E-state index is 0.0951. The molecule has 2 rings (SSSR count). The topological polar surface area (TPSA) is 38.0 Å². The number of halogens is 1. The Balaban J connectivity index is 2.06. The number of nitrogens with one attached hydrogen (secondary N) is 1. The molecule has 0 heterocycles. The van der Waals surface area contributed by atoms with Gasteiger partial charge in [-0.15, -0.1) is 0 Å². The molecule has 0 amide bonds. The molecule has 1 aliphatic rings. The van der Waals surface area contributed by atoms with Crippen LogP contribution in [0.1, 0.15) is 12.8 Å². The maximum atomic E-state index is 12.6. The summed E-state index contributed by atoms with van der Waals surface area (Å²) in [7, 11) is 0. The van der Waals surface area contributed by atoms with E-state index in [1.165, 1.54) is 12.1 Å². The lowest BCUT2D eigenvalue weighted by Gasteiger charge is -2.15. The number of anilines is 1. The van der Waals surface area contributed by atoms with Gasteiger partial charge in [0.2, 0.25) is 0 Å². The Kier molecular flexibility index (Phi) is 1.96. The van der Waals surface area contributed by atoms with Crippen LogP contribution >= 0.6 is 0 Å². The molecule has 1 aromatic rings. The number of nitrogens with two attached hydrogens (primary N) is 1. The van der Waals surface area contributed by atoms with Crippen molar-refractivity contribution in [3.63, 3.8) is 0 Å². The van der Waals surface area contributed by atoms with E-state index in [-0.39, 0.29) is 11.4 Å². The summed E-state index contributed by atoms with van der Waals surface area (Å²) in [6, 6.07) is 6.39. The third-order valence-corrected chi connectivity index (χ3v) is 2.50. The summed E-state index contributed by atoms with van der Waals surface area (Å²) >= 11 is 0. The third-order valence-electron chi connectivity index (χ3n) is 2.50. The smallest absolute Gasteiger partial charge is 0.123 e. The van der Waals surface area contributed by atoms with Gasteiger partial charge in [-0.25, -0.2) is 4.39 Å². The first-order chi connectivity index (χ1) is 6.24. The predicted octanol–water partition coefficient (Wildman–Crippen LogP) is 1.73. The van der Waals surface area contributed by atoms with Gasteiger partial charge in [0.25, 0.3) is 0 Å². The van der Waals surface area contributed by atoms with Crippen molar-refractivity contribution in [2.24, 2.45) is 5.73 Å². The molecule has 0 aromatic heterocycles. The molecule has 0 saturated heterocycles. The molecule has 1 fully saturated rings. The first-order valence-electron chi connectivity index (χ1n) is 4.48. The molecule has 3 heteroatoms. The van der Waals surface area contributed by atoms with Crippen LogP contribution in [0.3, 0.4) is 0 Å². The Morgan fingerprint density at radius 1 is 1.31 bits per heavy atom. The van der Waals surface area contributed by atoms with Crippen LogP contribution in [0, 0.1) is 5.82 Å². The first-order valence-corrected chi connectivity index (χ1v) is 4.48. The SMILES string of the molecule is NCC1(Nc2ccc(F)cc2)CC1. The van der Waals surface area contributed by atoms with E-state index in [1.54, 1.807) is 12.1 Å². The quantitative estimate of drug-likeness (QED) is 0.743. The van der Waals surface area contributed by atoms with Crippen LogP contribution in [-0.2, 0) is 0 Å². The van der Waals surface area contributed by atoms with E-state index in [1.807, 2.05) is 0 Å². The molecule has 2 nitrogen and oxygen atoms in total. The van der Waals surface area contributed by atoms with Gasteiger partial charge in [-0.05, 0) is 37.1 Å². The van der Waals surface area contributed by atoms with Gasteiger partial charge in [0.1, 0.15) is 5.82 Å². The van der Waals surface area contributed by atoms with Gasteiger partial charge in [-0.2, -0.15) is 0 Å². The fourth-order valence-electron chi connectivity index (χ4n) is 1.37. The Bertz CT molecular complexity index is 290. The highest BCUT2D eigenvalue weighted by Gasteiger charge is 2.40. The monoisotopic (exact) mass is 180 g/mol. The molecule has 0 atom stereocenters. The molecule has 0 unspecified atom stereocenters. The summed E-state index contributed by atoms with van der Waals surface area (Å²) in [4.78, 5) is 0. The van der Waals surface area contributed by atoms with Crippen LogP contribution in [0.4, 0.5) is 10.1 Å². The lowest BCUT2D eigenvalue weighted by atomic mass is 10.2. The minimum Gasteiger partial charge on any atom is -0.378 e. The summed E-state index contributed by atoms with van der Waals surface area (Å²) in [6.07, 6.45) is 2.22. The Morgan fingerprint density at radius 3 is 2.38 bits per heavy atom. The van der Waals surface area contributed by atoms with Gasteiger partial charge < -0.3 is 11.1 Å². The van der Waals surface area contributed by atoms with Crippen molar-refractivity contribution in [2.75, 3.05) is 11.9 Å². The molecule has 0 aliphatic heterocycles. The molecule has 0 radical (unpaired) electrons. The number of hydrogen-bond acceptors (Lipinski definition) is 2. The molecule has 0 spiro atoms. The Labute approximate surface area is 76.9 Å². The van der Waals surface area contributed by atoms with Crippen LogP contribution in [-0.4, -0.2) is 12.1 Å². The molecule has 3 N–H and O–H groups in total. The molecular weight excluding hydrogens is 167 g/mol. The second kappa shape index (κ2) is 3.00. The van der Waals surface area contributed by atoms with Gasteiger partial charge in [0.05, 0.1) is 0 Å².